The number of hydrogen-bond donors (Lipinski definition) is 3. The van der Waals surface area contributed by atoms with Gasteiger partial charge in [-0.15, -0.1) is 0 Å². The first-order chi connectivity index (χ1) is 14.2. The highest BCUT2D eigenvalue weighted by atomic mass is 35.5. The maximum Gasteiger partial charge on any atom is 0.331 e. The lowest BCUT2D eigenvalue weighted by Gasteiger charge is -2.20. The molecule has 0 saturated heterocycles. The summed E-state index contributed by atoms with van der Waals surface area (Å²) in [7, 11) is 0. The summed E-state index contributed by atoms with van der Waals surface area (Å²) in [6, 6.07) is 8.66. The Morgan fingerprint density at radius 2 is 1.83 bits per heavy atom. The van der Waals surface area contributed by atoms with Crippen molar-refractivity contribution in [2.45, 2.75) is 25.6 Å². The first kappa shape index (κ1) is 23.6. The second kappa shape index (κ2) is 10.9. The molecule has 0 aromatic heterocycles. The molecule has 2 atom stereocenters. The molecule has 0 heterocycles. The molecule has 7 nitrogen and oxygen atoms in total. The van der Waals surface area contributed by atoms with E-state index in [0.29, 0.717) is 5.02 Å². The van der Waals surface area contributed by atoms with Crippen molar-refractivity contribution in [1.82, 2.24) is 10.6 Å². The summed E-state index contributed by atoms with van der Waals surface area (Å²) < 4.78 is 18.7. The van der Waals surface area contributed by atoms with Crippen LogP contribution in [0.5, 0.6) is 0 Å². The fourth-order valence-electron chi connectivity index (χ4n) is 2.39. The Kier molecular flexibility index (Phi) is 8.58. The van der Waals surface area contributed by atoms with Crippen molar-refractivity contribution >= 4 is 41.0 Å². The number of nitrogens with one attached hydrogen (secondary N) is 2. The van der Waals surface area contributed by atoms with Crippen molar-refractivity contribution in [3.63, 3.8) is 0 Å². The van der Waals surface area contributed by atoms with Gasteiger partial charge in [0.25, 0.3) is 11.8 Å². The molecule has 0 bridgehead atoms. The molecule has 0 saturated carbocycles. The van der Waals surface area contributed by atoms with Crippen LogP contribution in [0.15, 0.2) is 42.5 Å². The minimum Gasteiger partial charge on any atom is -0.454 e. The number of aliphatic hydroxyl groups excluding tert-OH is 1. The van der Waals surface area contributed by atoms with E-state index < -0.39 is 47.9 Å². The third kappa shape index (κ3) is 6.98. The highest BCUT2D eigenvalue weighted by Crippen LogP contribution is 2.15. The van der Waals surface area contributed by atoms with Gasteiger partial charge in [-0.3, -0.25) is 9.59 Å². The van der Waals surface area contributed by atoms with E-state index in [-0.39, 0.29) is 11.6 Å². The average Bonchev–Trinajstić information content (AvgIpc) is 2.70. The second-order valence-corrected chi connectivity index (χ2v) is 7.20. The zero-order valence-electron chi connectivity index (χ0n) is 15.8. The van der Waals surface area contributed by atoms with Gasteiger partial charge in [0.15, 0.2) is 12.6 Å². The van der Waals surface area contributed by atoms with E-state index in [2.05, 4.69) is 10.6 Å². The lowest BCUT2D eigenvalue weighted by molar-refractivity contribution is -0.152. The molecule has 0 aliphatic carbocycles. The molecular weight excluding hydrogens is 438 g/mol. The second-order valence-electron chi connectivity index (χ2n) is 6.33. The molecule has 2 amide bonds. The third-order valence-electron chi connectivity index (χ3n) is 3.92. The predicted octanol–water partition coefficient (Wildman–Crippen LogP) is 2.47. The lowest BCUT2D eigenvalue weighted by Crippen LogP contribution is -2.49. The van der Waals surface area contributed by atoms with Crippen LogP contribution in [0.1, 0.15) is 22.8 Å². The van der Waals surface area contributed by atoms with Crippen molar-refractivity contribution in [3.8, 4) is 0 Å². The van der Waals surface area contributed by atoms with Crippen LogP contribution in [0.25, 0.3) is 0 Å². The molecule has 0 spiro atoms. The molecule has 0 aliphatic rings. The highest BCUT2D eigenvalue weighted by molar-refractivity contribution is 6.31. The SMILES string of the molecule is C[C@H](O)[C@@H](NC(=O)c1cc(Cl)ccc1F)C(=O)OCC(=O)NCc1cccc(Cl)c1. The van der Waals surface area contributed by atoms with Gasteiger partial charge < -0.3 is 20.5 Å². The van der Waals surface area contributed by atoms with Crippen LogP contribution in [-0.2, 0) is 20.9 Å². The van der Waals surface area contributed by atoms with Crippen molar-refractivity contribution < 1.29 is 28.6 Å². The smallest absolute Gasteiger partial charge is 0.331 e. The van der Waals surface area contributed by atoms with Crippen molar-refractivity contribution in [3.05, 3.63) is 69.5 Å². The molecule has 2 aromatic carbocycles. The minimum absolute atomic E-state index is 0.120. The lowest BCUT2D eigenvalue weighted by atomic mass is 10.1. The molecule has 30 heavy (non-hydrogen) atoms. The van der Waals surface area contributed by atoms with Gasteiger partial charge in [-0.2, -0.15) is 0 Å². The van der Waals surface area contributed by atoms with Gasteiger partial charge >= 0.3 is 5.97 Å². The maximum atomic E-state index is 13.8. The Morgan fingerprint density at radius 1 is 1.13 bits per heavy atom. The van der Waals surface area contributed by atoms with E-state index >= 15 is 0 Å². The summed E-state index contributed by atoms with van der Waals surface area (Å²) in [4.78, 5) is 36.3. The number of rotatable bonds is 8. The quantitative estimate of drug-likeness (QED) is 0.529. The summed E-state index contributed by atoms with van der Waals surface area (Å²) in [6.45, 7) is 0.769. The van der Waals surface area contributed by atoms with Crippen LogP contribution < -0.4 is 10.6 Å². The highest BCUT2D eigenvalue weighted by Gasteiger charge is 2.29. The first-order valence-electron chi connectivity index (χ1n) is 8.79. The average molecular weight is 457 g/mol. The fraction of sp³-hybridized carbons (Fsp3) is 0.250. The Balaban J connectivity index is 1.91. The van der Waals surface area contributed by atoms with Crippen LogP contribution in [0.4, 0.5) is 4.39 Å². The Labute approximate surface area is 182 Å². The Bertz CT molecular complexity index is 939. The normalized spacial score (nSPS) is 12.6. The molecule has 10 heteroatoms. The molecule has 0 radical (unpaired) electrons. The van der Waals surface area contributed by atoms with Crippen molar-refractivity contribution in [1.29, 1.82) is 0 Å². The van der Waals surface area contributed by atoms with E-state index in [0.717, 1.165) is 17.7 Å². The number of aliphatic hydroxyl groups is 1. The largest absolute Gasteiger partial charge is 0.454 e. The molecule has 3 N–H and O–H groups in total. The van der Waals surface area contributed by atoms with Gasteiger partial charge in [-0.25, -0.2) is 9.18 Å². The number of esters is 1. The standard InChI is InChI=1S/C20H19Cl2FN2O5/c1-11(26)18(25-19(28)15-8-14(22)5-6-16(15)23)20(29)30-10-17(27)24-9-12-3-2-4-13(21)7-12/h2-8,11,18,26H,9-10H2,1H3,(H,24,27)(H,25,28)/t11-,18+/m0/s1. The zero-order chi connectivity index (χ0) is 22.3. The molecular formula is C20H19Cl2FN2O5. The zero-order valence-corrected chi connectivity index (χ0v) is 17.3. The predicted molar refractivity (Wildman–Crippen MR) is 109 cm³/mol. The van der Waals surface area contributed by atoms with E-state index in [4.69, 9.17) is 27.9 Å². The maximum absolute atomic E-state index is 13.8. The molecule has 160 valence electrons. The van der Waals surface area contributed by atoms with Gasteiger partial charge in [-0.05, 0) is 42.8 Å². The van der Waals surface area contributed by atoms with Gasteiger partial charge in [-0.1, -0.05) is 35.3 Å². The summed E-state index contributed by atoms with van der Waals surface area (Å²) in [5, 5.41) is 15.2. The monoisotopic (exact) mass is 456 g/mol. The van der Waals surface area contributed by atoms with E-state index in [1.54, 1.807) is 24.3 Å². The van der Waals surface area contributed by atoms with Gasteiger partial charge in [0, 0.05) is 16.6 Å². The number of carbonyl (C=O) groups excluding carboxylic acids is 3. The molecule has 2 aromatic rings. The van der Waals surface area contributed by atoms with Gasteiger partial charge in [0.1, 0.15) is 5.82 Å². The van der Waals surface area contributed by atoms with Gasteiger partial charge in [0.05, 0.1) is 11.7 Å². The summed E-state index contributed by atoms with van der Waals surface area (Å²) in [6.07, 6.45) is -1.36. The Hall–Kier alpha value is -2.68. The van der Waals surface area contributed by atoms with Crippen LogP contribution in [-0.4, -0.2) is 41.6 Å². The number of ether oxygens (including phenoxy) is 1. The minimum atomic E-state index is -1.52. The van der Waals surface area contributed by atoms with Crippen LogP contribution in [0.2, 0.25) is 10.0 Å². The topological polar surface area (TPSA) is 105 Å². The first-order valence-corrected chi connectivity index (χ1v) is 9.54. The number of hydrogen-bond acceptors (Lipinski definition) is 5. The summed E-state index contributed by atoms with van der Waals surface area (Å²) in [5.74, 6) is -3.48. The summed E-state index contributed by atoms with van der Waals surface area (Å²) in [5.41, 5.74) is 0.347. The van der Waals surface area contributed by atoms with Crippen molar-refractivity contribution in [2.24, 2.45) is 0 Å². The molecule has 0 aliphatic heterocycles. The van der Waals surface area contributed by atoms with Gasteiger partial charge in [0.2, 0.25) is 0 Å². The van der Waals surface area contributed by atoms with E-state index in [9.17, 15) is 23.9 Å². The van der Waals surface area contributed by atoms with E-state index in [1.807, 2.05) is 0 Å². The number of halogens is 3. The summed E-state index contributed by atoms with van der Waals surface area (Å²) >= 11 is 11.6. The molecule has 0 fully saturated rings. The number of benzene rings is 2. The number of amides is 2. The van der Waals surface area contributed by atoms with Crippen LogP contribution in [0.3, 0.4) is 0 Å². The van der Waals surface area contributed by atoms with E-state index in [1.165, 1.54) is 13.0 Å². The van der Waals surface area contributed by atoms with Crippen LogP contribution in [0, 0.1) is 5.82 Å². The van der Waals surface area contributed by atoms with Crippen LogP contribution >= 0.6 is 23.2 Å². The number of carbonyl (C=O) groups is 3. The molecule has 0 unspecified atom stereocenters. The fourth-order valence-corrected chi connectivity index (χ4v) is 2.78. The molecule has 2 rings (SSSR count). The third-order valence-corrected chi connectivity index (χ3v) is 4.39. The van der Waals surface area contributed by atoms with Crippen molar-refractivity contribution in [2.75, 3.05) is 6.61 Å². The Morgan fingerprint density at radius 3 is 2.50 bits per heavy atom.